The maximum atomic E-state index is 12.9. The number of likely N-dealkylation sites (N-methyl/N-ethyl adjacent to an activating group) is 1. The number of rotatable bonds is 3. The summed E-state index contributed by atoms with van der Waals surface area (Å²) >= 11 is 0. The number of anilines is 1. The summed E-state index contributed by atoms with van der Waals surface area (Å²) in [5, 5.41) is 0.529. The molecule has 0 saturated carbocycles. The van der Waals surface area contributed by atoms with Crippen molar-refractivity contribution in [1.82, 2.24) is 19.4 Å². The standard InChI is InChI=1S/C20H21N5O3/c1-23-6-8-24(9-7-23)20-21-11-15-16(22-20)4-5-25(19(15)26)12-14-2-3-17-18(10-14)28-13-27-17/h2-5,10-11H,6-9,12-13H2,1H3. The Balaban J connectivity index is 1.43. The summed E-state index contributed by atoms with van der Waals surface area (Å²) in [5.74, 6) is 2.14. The molecule has 0 bridgehead atoms. The van der Waals surface area contributed by atoms with Crippen LogP contribution in [-0.4, -0.2) is 59.5 Å². The third kappa shape index (κ3) is 3.05. The number of ether oxygens (including phenoxy) is 2. The molecule has 1 saturated heterocycles. The molecule has 3 aromatic rings. The predicted molar refractivity (Wildman–Crippen MR) is 105 cm³/mol. The van der Waals surface area contributed by atoms with Crippen LogP contribution in [0.4, 0.5) is 5.95 Å². The molecule has 0 atom stereocenters. The van der Waals surface area contributed by atoms with Crippen LogP contribution >= 0.6 is 0 Å². The Morgan fingerprint density at radius 3 is 2.75 bits per heavy atom. The first-order valence-corrected chi connectivity index (χ1v) is 9.35. The molecule has 0 radical (unpaired) electrons. The van der Waals surface area contributed by atoms with Gasteiger partial charge in [0.2, 0.25) is 12.7 Å². The summed E-state index contributed by atoms with van der Waals surface area (Å²) in [6.07, 6.45) is 3.43. The van der Waals surface area contributed by atoms with Crippen LogP contribution in [0.5, 0.6) is 11.5 Å². The zero-order valence-corrected chi connectivity index (χ0v) is 15.7. The average molecular weight is 379 g/mol. The Bertz CT molecular complexity index is 1090. The highest BCUT2D eigenvalue weighted by atomic mass is 16.7. The second-order valence-corrected chi connectivity index (χ2v) is 7.20. The third-order valence-electron chi connectivity index (χ3n) is 5.29. The molecule has 144 valence electrons. The summed E-state index contributed by atoms with van der Waals surface area (Å²) in [7, 11) is 2.11. The topological polar surface area (TPSA) is 72.7 Å². The maximum absolute atomic E-state index is 12.9. The van der Waals surface area contributed by atoms with E-state index < -0.39 is 0 Å². The molecule has 0 N–H and O–H groups in total. The molecule has 28 heavy (non-hydrogen) atoms. The summed E-state index contributed by atoms with van der Waals surface area (Å²) < 4.78 is 12.4. The van der Waals surface area contributed by atoms with Crippen LogP contribution < -0.4 is 19.9 Å². The van der Waals surface area contributed by atoms with Crippen molar-refractivity contribution in [3.8, 4) is 11.5 Å². The fraction of sp³-hybridized carbons (Fsp3) is 0.350. The van der Waals surface area contributed by atoms with Crippen LogP contribution in [0.2, 0.25) is 0 Å². The highest BCUT2D eigenvalue weighted by Crippen LogP contribution is 2.32. The Hall–Kier alpha value is -3.13. The lowest BCUT2D eigenvalue weighted by Gasteiger charge is -2.32. The van der Waals surface area contributed by atoms with Gasteiger partial charge in [-0.1, -0.05) is 6.07 Å². The van der Waals surface area contributed by atoms with E-state index in [4.69, 9.17) is 9.47 Å². The number of hydrogen-bond acceptors (Lipinski definition) is 7. The van der Waals surface area contributed by atoms with Crippen LogP contribution in [0, 0.1) is 0 Å². The van der Waals surface area contributed by atoms with Gasteiger partial charge >= 0.3 is 0 Å². The van der Waals surface area contributed by atoms with E-state index in [0.717, 1.165) is 37.5 Å². The van der Waals surface area contributed by atoms with Crippen LogP contribution in [0.15, 0.2) is 41.5 Å². The molecule has 0 unspecified atom stereocenters. The number of hydrogen-bond donors (Lipinski definition) is 0. The molecule has 0 aliphatic carbocycles. The van der Waals surface area contributed by atoms with Gasteiger partial charge in [-0.25, -0.2) is 9.97 Å². The minimum Gasteiger partial charge on any atom is -0.454 e. The predicted octanol–water partition coefficient (Wildman–Crippen LogP) is 1.32. The van der Waals surface area contributed by atoms with E-state index in [9.17, 15) is 4.79 Å². The Morgan fingerprint density at radius 1 is 1.07 bits per heavy atom. The quantitative estimate of drug-likeness (QED) is 0.680. The van der Waals surface area contributed by atoms with E-state index in [0.29, 0.717) is 29.1 Å². The Kier molecular flexibility index (Phi) is 4.12. The molecule has 2 aromatic heterocycles. The number of aromatic nitrogens is 3. The van der Waals surface area contributed by atoms with E-state index in [1.807, 2.05) is 24.3 Å². The normalized spacial score (nSPS) is 16.7. The molecular formula is C20H21N5O3. The van der Waals surface area contributed by atoms with Crippen molar-refractivity contribution in [3.05, 3.63) is 52.6 Å². The summed E-state index contributed by atoms with van der Waals surface area (Å²) in [4.78, 5) is 26.4. The zero-order valence-electron chi connectivity index (χ0n) is 15.7. The molecule has 1 aromatic carbocycles. The number of benzene rings is 1. The van der Waals surface area contributed by atoms with E-state index in [1.54, 1.807) is 17.0 Å². The van der Waals surface area contributed by atoms with Crippen LogP contribution in [-0.2, 0) is 6.54 Å². The van der Waals surface area contributed by atoms with Crippen molar-refractivity contribution in [2.75, 3.05) is 44.9 Å². The molecule has 8 heteroatoms. The van der Waals surface area contributed by atoms with Gasteiger partial charge < -0.3 is 23.8 Å². The molecule has 4 heterocycles. The summed E-state index contributed by atoms with van der Waals surface area (Å²) in [6, 6.07) is 7.60. The fourth-order valence-corrected chi connectivity index (χ4v) is 3.58. The van der Waals surface area contributed by atoms with Gasteiger partial charge in [0, 0.05) is 38.6 Å². The number of pyridine rings is 1. The number of piperazine rings is 1. The average Bonchev–Trinajstić information content (AvgIpc) is 3.18. The van der Waals surface area contributed by atoms with Crippen LogP contribution in [0.1, 0.15) is 5.56 Å². The number of fused-ring (bicyclic) bond motifs is 2. The second-order valence-electron chi connectivity index (χ2n) is 7.20. The lowest BCUT2D eigenvalue weighted by Crippen LogP contribution is -2.45. The SMILES string of the molecule is CN1CCN(c2ncc3c(=O)n(Cc4ccc5c(c4)OCO5)ccc3n2)CC1. The monoisotopic (exact) mass is 379 g/mol. The van der Waals surface area contributed by atoms with Gasteiger partial charge in [0.05, 0.1) is 17.4 Å². The van der Waals surface area contributed by atoms with Crippen molar-refractivity contribution >= 4 is 16.9 Å². The minimum atomic E-state index is -0.0971. The maximum Gasteiger partial charge on any atom is 0.261 e. The van der Waals surface area contributed by atoms with Crippen LogP contribution in [0.25, 0.3) is 10.9 Å². The first-order valence-electron chi connectivity index (χ1n) is 9.35. The van der Waals surface area contributed by atoms with Crippen LogP contribution in [0.3, 0.4) is 0 Å². The molecule has 0 amide bonds. The van der Waals surface area contributed by atoms with Crippen molar-refractivity contribution in [1.29, 1.82) is 0 Å². The Morgan fingerprint density at radius 2 is 1.89 bits per heavy atom. The van der Waals surface area contributed by atoms with E-state index in [-0.39, 0.29) is 12.4 Å². The van der Waals surface area contributed by atoms with Crippen molar-refractivity contribution in [2.24, 2.45) is 0 Å². The van der Waals surface area contributed by atoms with Gasteiger partial charge in [-0.05, 0) is 30.8 Å². The molecule has 2 aliphatic rings. The lowest BCUT2D eigenvalue weighted by molar-refractivity contribution is 0.174. The van der Waals surface area contributed by atoms with Gasteiger partial charge in [0.1, 0.15) is 0 Å². The lowest BCUT2D eigenvalue weighted by atomic mass is 10.2. The largest absolute Gasteiger partial charge is 0.454 e. The van der Waals surface area contributed by atoms with Crippen molar-refractivity contribution < 1.29 is 9.47 Å². The first-order chi connectivity index (χ1) is 13.7. The highest BCUT2D eigenvalue weighted by Gasteiger charge is 2.18. The van der Waals surface area contributed by atoms with Gasteiger partial charge in [-0.2, -0.15) is 0 Å². The van der Waals surface area contributed by atoms with E-state index in [2.05, 4.69) is 26.8 Å². The first kappa shape index (κ1) is 17.0. The van der Waals surface area contributed by atoms with Gasteiger partial charge in [0.15, 0.2) is 11.5 Å². The van der Waals surface area contributed by atoms with Gasteiger partial charge in [-0.15, -0.1) is 0 Å². The second kappa shape index (κ2) is 6.79. The summed E-state index contributed by atoms with van der Waals surface area (Å²) in [5.41, 5.74) is 1.55. The number of nitrogens with zero attached hydrogens (tertiary/aromatic N) is 5. The molecule has 0 spiro atoms. The minimum absolute atomic E-state index is 0.0971. The smallest absolute Gasteiger partial charge is 0.261 e. The van der Waals surface area contributed by atoms with Gasteiger partial charge in [-0.3, -0.25) is 4.79 Å². The molecule has 1 fully saturated rings. The van der Waals surface area contributed by atoms with Crippen molar-refractivity contribution in [3.63, 3.8) is 0 Å². The molecule has 2 aliphatic heterocycles. The van der Waals surface area contributed by atoms with E-state index in [1.165, 1.54) is 0 Å². The van der Waals surface area contributed by atoms with Gasteiger partial charge in [0.25, 0.3) is 5.56 Å². The summed E-state index contributed by atoms with van der Waals surface area (Å²) in [6.45, 7) is 4.44. The van der Waals surface area contributed by atoms with E-state index >= 15 is 0 Å². The molecule has 5 rings (SSSR count). The Labute approximate surface area is 161 Å². The zero-order chi connectivity index (χ0) is 19.1. The molecular weight excluding hydrogens is 358 g/mol. The highest BCUT2D eigenvalue weighted by molar-refractivity contribution is 5.77. The molecule has 8 nitrogen and oxygen atoms in total. The van der Waals surface area contributed by atoms with Crippen molar-refractivity contribution in [2.45, 2.75) is 6.54 Å². The third-order valence-corrected chi connectivity index (χ3v) is 5.29. The fourth-order valence-electron chi connectivity index (χ4n) is 3.58.